The van der Waals surface area contributed by atoms with Crippen LogP contribution < -0.4 is 0 Å². The molecule has 0 aromatic heterocycles. The van der Waals surface area contributed by atoms with Crippen LogP contribution in [0, 0.1) is 0 Å². The number of thioether (sulfide) groups is 1. The van der Waals surface area contributed by atoms with Crippen LogP contribution in [0.3, 0.4) is 0 Å². The van der Waals surface area contributed by atoms with Gasteiger partial charge in [0.15, 0.2) is 0 Å². The van der Waals surface area contributed by atoms with E-state index in [4.69, 9.17) is 5.11 Å². The minimum absolute atomic E-state index is 0.299. The lowest BCUT2D eigenvalue weighted by Crippen LogP contribution is -2.45. The zero-order valence-electron chi connectivity index (χ0n) is 8.32. The highest BCUT2D eigenvalue weighted by molar-refractivity contribution is 8.00. The third-order valence-corrected chi connectivity index (χ3v) is 4.61. The predicted molar refractivity (Wildman–Crippen MR) is 57.7 cm³/mol. The van der Waals surface area contributed by atoms with Gasteiger partial charge in [0.1, 0.15) is 0 Å². The highest BCUT2D eigenvalue weighted by Gasteiger charge is 2.35. The fraction of sp³-hybridized carbons (Fsp3) is 0.900. The van der Waals surface area contributed by atoms with Crippen molar-refractivity contribution in [2.75, 3.05) is 18.8 Å². The number of hydrogen-bond acceptors (Lipinski definition) is 3. The fourth-order valence-corrected chi connectivity index (χ4v) is 4.03. The van der Waals surface area contributed by atoms with E-state index in [0.29, 0.717) is 12.5 Å². The Balaban J connectivity index is 1.87. The largest absolute Gasteiger partial charge is 0.481 e. The van der Waals surface area contributed by atoms with Crippen LogP contribution in [-0.2, 0) is 4.79 Å². The molecule has 1 N–H and O–H groups in total. The quantitative estimate of drug-likeness (QED) is 0.773. The van der Waals surface area contributed by atoms with E-state index >= 15 is 0 Å². The first kappa shape index (κ1) is 10.3. The van der Waals surface area contributed by atoms with Gasteiger partial charge in [-0.2, -0.15) is 11.8 Å². The third-order valence-electron chi connectivity index (χ3n) is 3.21. The van der Waals surface area contributed by atoms with Crippen LogP contribution in [0.5, 0.6) is 0 Å². The van der Waals surface area contributed by atoms with Crippen molar-refractivity contribution >= 4 is 17.7 Å². The van der Waals surface area contributed by atoms with Gasteiger partial charge >= 0.3 is 5.97 Å². The zero-order valence-corrected chi connectivity index (χ0v) is 9.13. The summed E-state index contributed by atoms with van der Waals surface area (Å²) in [5.74, 6) is 0.513. The van der Waals surface area contributed by atoms with Gasteiger partial charge in [0.2, 0.25) is 0 Å². The SMILES string of the molecule is O=C(O)CCN1CCSC2CCCC21. The third kappa shape index (κ3) is 2.23. The lowest BCUT2D eigenvalue weighted by Gasteiger charge is -2.36. The monoisotopic (exact) mass is 215 g/mol. The molecule has 0 bridgehead atoms. The van der Waals surface area contributed by atoms with Gasteiger partial charge in [-0.05, 0) is 12.8 Å². The summed E-state index contributed by atoms with van der Waals surface area (Å²) >= 11 is 2.08. The Labute approximate surface area is 88.9 Å². The topological polar surface area (TPSA) is 40.5 Å². The molecule has 0 aromatic rings. The number of hydrogen-bond donors (Lipinski definition) is 1. The normalized spacial score (nSPS) is 32.9. The number of aliphatic carboxylic acids is 1. The Kier molecular flexibility index (Phi) is 3.34. The van der Waals surface area contributed by atoms with Gasteiger partial charge < -0.3 is 5.11 Å². The summed E-state index contributed by atoms with van der Waals surface area (Å²) in [6.07, 6.45) is 4.23. The van der Waals surface area contributed by atoms with Crippen LogP contribution >= 0.6 is 11.8 Å². The molecule has 2 unspecified atom stereocenters. The Morgan fingerprint density at radius 2 is 2.36 bits per heavy atom. The van der Waals surface area contributed by atoms with Crippen LogP contribution in [0.15, 0.2) is 0 Å². The van der Waals surface area contributed by atoms with E-state index in [-0.39, 0.29) is 0 Å². The van der Waals surface area contributed by atoms with Crippen molar-refractivity contribution in [1.82, 2.24) is 4.90 Å². The van der Waals surface area contributed by atoms with E-state index < -0.39 is 5.97 Å². The molecule has 14 heavy (non-hydrogen) atoms. The minimum Gasteiger partial charge on any atom is -0.481 e. The van der Waals surface area contributed by atoms with E-state index in [0.717, 1.165) is 18.3 Å². The van der Waals surface area contributed by atoms with Crippen LogP contribution in [0.1, 0.15) is 25.7 Å². The molecule has 1 saturated heterocycles. The highest BCUT2D eigenvalue weighted by atomic mass is 32.2. The molecule has 2 fully saturated rings. The van der Waals surface area contributed by atoms with E-state index in [2.05, 4.69) is 16.7 Å². The van der Waals surface area contributed by atoms with Gasteiger partial charge in [-0.15, -0.1) is 0 Å². The first-order chi connectivity index (χ1) is 6.77. The molecule has 80 valence electrons. The number of carboxylic acid groups (broad SMARTS) is 1. The molecule has 4 heteroatoms. The minimum atomic E-state index is -0.669. The summed E-state index contributed by atoms with van der Waals surface area (Å²) in [6.45, 7) is 1.83. The van der Waals surface area contributed by atoms with Crippen LogP contribution in [0.4, 0.5) is 0 Å². The molecule has 0 amide bonds. The van der Waals surface area contributed by atoms with Gasteiger partial charge in [0, 0.05) is 30.1 Å². The lowest BCUT2D eigenvalue weighted by atomic mass is 10.2. The molecular weight excluding hydrogens is 198 g/mol. The number of rotatable bonds is 3. The van der Waals surface area contributed by atoms with Gasteiger partial charge in [-0.25, -0.2) is 0 Å². The summed E-state index contributed by atoms with van der Waals surface area (Å²) in [4.78, 5) is 12.9. The fourth-order valence-electron chi connectivity index (χ4n) is 2.52. The average molecular weight is 215 g/mol. The number of nitrogens with zero attached hydrogens (tertiary/aromatic N) is 1. The standard InChI is InChI=1S/C10H17NO2S/c12-10(13)4-5-11-6-7-14-9-3-1-2-8(9)11/h8-9H,1-7H2,(H,12,13). The molecule has 1 aliphatic heterocycles. The van der Waals surface area contributed by atoms with Crippen molar-refractivity contribution < 1.29 is 9.90 Å². The lowest BCUT2D eigenvalue weighted by molar-refractivity contribution is -0.137. The number of carboxylic acids is 1. The molecule has 1 saturated carbocycles. The van der Waals surface area contributed by atoms with Crippen LogP contribution in [-0.4, -0.2) is 46.1 Å². The smallest absolute Gasteiger partial charge is 0.304 e. The van der Waals surface area contributed by atoms with Crippen molar-refractivity contribution in [2.24, 2.45) is 0 Å². The first-order valence-electron chi connectivity index (χ1n) is 5.35. The van der Waals surface area contributed by atoms with E-state index in [9.17, 15) is 4.79 Å². The summed E-state index contributed by atoms with van der Waals surface area (Å²) in [6, 6.07) is 0.674. The molecule has 0 spiro atoms. The van der Waals surface area contributed by atoms with Crippen molar-refractivity contribution in [1.29, 1.82) is 0 Å². The van der Waals surface area contributed by atoms with Crippen molar-refractivity contribution in [3.63, 3.8) is 0 Å². The second-order valence-electron chi connectivity index (χ2n) is 4.09. The number of fused-ring (bicyclic) bond motifs is 1. The molecule has 2 rings (SSSR count). The number of carbonyl (C=O) groups is 1. The van der Waals surface area contributed by atoms with Crippen LogP contribution in [0.2, 0.25) is 0 Å². The van der Waals surface area contributed by atoms with E-state index in [1.807, 2.05) is 0 Å². The van der Waals surface area contributed by atoms with E-state index in [1.165, 1.54) is 25.0 Å². The highest BCUT2D eigenvalue weighted by Crippen LogP contribution is 2.36. The van der Waals surface area contributed by atoms with Gasteiger partial charge in [-0.1, -0.05) is 6.42 Å². The molecule has 2 atom stereocenters. The molecule has 0 aromatic carbocycles. The van der Waals surface area contributed by atoms with Crippen molar-refractivity contribution in [3.8, 4) is 0 Å². The Morgan fingerprint density at radius 1 is 1.50 bits per heavy atom. The maximum absolute atomic E-state index is 10.5. The van der Waals surface area contributed by atoms with Gasteiger partial charge in [0.25, 0.3) is 0 Å². The first-order valence-corrected chi connectivity index (χ1v) is 6.39. The van der Waals surface area contributed by atoms with Gasteiger partial charge in [0.05, 0.1) is 6.42 Å². The van der Waals surface area contributed by atoms with Crippen LogP contribution in [0.25, 0.3) is 0 Å². The van der Waals surface area contributed by atoms with E-state index in [1.54, 1.807) is 0 Å². The zero-order chi connectivity index (χ0) is 9.97. The van der Waals surface area contributed by atoms with Crippen molar-refractivity contribution in [2.45, 2.75) is 37.0 Å². The Morgan fingerprint density at radius 3 is 3.14 bits per heavy atom. The summed E-state index contributed by atoms with van der Waals surface area (Å²) < 4.78 is 0. The maximum atomic E-state index is 10.5. The molecule has 2 aliphatic rings. The second-order valence-corrected chi connectivity index (χ2v) is 5.43. The molecule has 1 heterocycles. The predicted octanol–water partition coefficient (Wildman–Crippen LogP) is 1.43. The summed E-state index contributed by atoms with van der Waals surface area (Å²) in [5.41, 5.74) is 0. The summed E-state index contributed by atoms with van der Waals surface area (Å²) in [5, 5.41) is 9.44. The Bertz CT molecular complexity index is 222. The van der Waals surface area contributed by atoms with Crippen molar-refractivity contribution in [3.05, 3.63) is 0 Å². The molecule has 0 radical (unpaired) electrons. The maximum Gasteiger partial charge on any atom is 0.304 e. The molecule has 3 nitrogen and oxygen atoms in total. The summed E-state index contributed by atoms with van der Waals surface area (Å²) in [7, 11) is 0. The Hall–Kier alpha value is -0.220. The molecular formula is C10H17NO2S. The average Bonchev–Trinajstić information content (AvgIpc) is 2.62. The van der Waals surface area contributed by atoms with Gasteiger partial charge in [-0.3, -0.25) is 9.69 Å². The second kappa shape index (κ2) is 4.53. The molecule has 1 aliphatic carbocycles.